The molecule has 4 rings (SSSR count). The summed E-state index contributed by atoms with van der Waals surface area (Å²) in [6, 6.07) is 19.1. The number of allylic oxidation sites excluding steroid dienone is 1. The first-order valence-corrected chi connectivity index (χ1v) is 10.5. The van der Waals surface area contributed by atoms with E-state index < -0.39 is 23.5 Å². The fraction of sp³-hybridized carbons (Fsp3) is 0.111. The number of aliphatic hydroxyl groups is 1. The molecule has 1 aliphatic heterocycles. The molecule has 0 radical (unpaired) electrons. The van der Waals surface area contributed by atoms with Crippen molar-refractivity contribution in [2.75, 3.05) is 6.61 Å². The second-order valence-corrected chi connectivity index (χ2v) is 7.45. The molecule has 0 saturated carbocycles. The largest absolute Gasteiger partial charge is 0.503 e. The van der Waals surface area contributed by atoms with Crippen LogP contribution in [0, 0.1) is 0 Å². The number of carbonyl (C=O) groups is 2. The smallest absolute Gasteiger partial charge is 0.290 e. The Kier molecular flexibility index (Phi) is 6.55. The highest BCUT2D eigenvalue weighted by molar-refractivity contribution is 6.14. The van der Waals surface area contributed by atoms with Gasteiger partial charge in [-0.3, -0.25) is 9.59 Å². The van der Waals surface area contributed by atoms with Gasteiger partial charge in [0, 0.05) is 0 Å². The molecular weight excluding hydrogens is 418 g/mol. The molecule has 0 aliphatic carbocycles. The predicted molar refractivity (Wildman–Crippen MR) is 124 cm³/mol. The molecule has 2 heterocycles. The van der Waals surface area contributed by atoms with E-state index in [1.165, 1.54) is 17.2 Å². The first-order chi connectivity index (χ1) is 16.1. The van der Waals surface area contributed by atoms with E-state index in [1.807, 2.05) is 30.3 Å². The van der Waals surface area contributed by atoms with E-state index in [0.29, 0.717) is 23.7 Å². The number of furan rings is 1. The minimum atomic E-state index is -0.774. The van der Waals surface area contributed by atoms with Crippen molar-refractivity contribution in [3.05, 3.63) is 120 Å². The van der Waals surface area contributed by atoms with Gasteiger partial charge in [0.15, 0.2) is 11.5 Å². The molecule has 1 atom stereocenters. The van der Waals surface area contributed by atoms with Crippen LogP contribution in [0.15, 0.2) is 107 Å². The van der Waals surface area contributed by atoms with E-state index in [-0.39, 0.29) is 12.1 Å². The molecule has 1 unspecified atom stereocenters. The summed E-state index contributed by atoms with van der Waals surface area (Å²) in [5.74, 6) is -0.448. The lowest BCUT2D eigenvalue weighted by atomic mass is 9.95. The molecule has 0 bridgehead atoms. The molecular formula is C27H23NO5. The Morgan fingerprint density at radius 2 is 1.85 bits per heavy atom. The maximum Gasteiger partial charge on any atom is 0.290 e. The maximum absolute atomic E-state index is 13.2. The Balaban J connectivity index is 1.69. The third-order valence-electron chi connectivity index (χ3n) is 5.27. The van der Waals surface area contributed by atoms with Crippen molar-refractivity contribution in [2.24, 2.45) is 0 Å². The van der Waals surface area contributed by atoms with E-state index in [1.54, 1.807) is 48.6 Å². The molecule has 0 fully saturated rings. The second-order valence-electron chi connectivity index (χ2n) is 7.45. The maximum atomic E-state index is 13.2. The van der Waals surface area contributed by atoms with Crippen molar-refractivity contribution in [1.29, 1.82) is 0 Å². The Labute approximate surface area is 191 Å². The number of benzene rings is 2. The SMILES string of the molecule is C=CCOc1ccc(C2C(C(=O)/C=C/c3ccccc3)=C(O)C(=O)N2Cc2ccco2)cc1. The van der Waals surface area contributed by atoms with Crippen molar-refractivity contribution in [3.63, 3.8) is 0 Å². The van der Waals surface area contributed by atoms with E-state index >= 15 is 0 Å². The van der Waals surface area contributed by atoms with Gasteiger partial charge in [0.05, 0.1) is 24.4 Å². The van der Waals surface area contributed by atoms with Crippen molar-refractivity contribution < 1.29 is 23.8 Å². The average molecular weight is 441 g/mol. The molecule has 166 valence electrons. The monoisotopic (exact) mass is 441 g/mol. The fourth-order valence-electron chi connectivity index (χ4n) is 3.71. The highest BCUT2D eigenvalue weighted by Crippen LogP contribution is 2.39. The first kappa shape index (κ1) is 21.9. The lowest BCUT2D eigenvalue weighted by Crippen LogP contribution is -2.30. The Morgan fingerprint density at radius 3 is 2.52 bits per heavy atom. The van der Waals surface area contributed by atoms with Crippen LogP contribution in [0.2, 0.25) is 0 Å². The number of carbonyl (C=O) groups excluding carboxylic acids is 2. The van der Waals surface area contributed by atoms with Crippen LogP contribution in [-0.2, 0) is 16.1 Å². The van der Waals surface area contributed by atoms with Gasteiger partial charge in [-0.05, 0) is 41.5 Å². The Hall–Kier alpha value is -4.32. The number of nitrogens with zero attached hydrogens (tertiary/aromatic N) is 1. The van der Waals surface area contributed by atoms with Crippen LogP contribution in [-0.4, -0.2) is 28.3 Å². The van der Waals surface area contributed by atoms with Crippen LogP contribution in [0.25, 0.3) is 6.08 Å². The topological polar surface area (TPSA) is 80.0 Å². The molecule has 1 amide bonds. The molecule has 6 heteroatoms. The molecule has 1 N–H and O–H groups in total. The van der Waals surface area contributed by atoms with Crippen LogP contribution >= 0.6 is 0 Å². The third-order valence-corrected chi connectivity index (χ3v) is 5.27. The highest BCUT2D eigenvalue weighted by atomic mass is 16.5. The summed E-state index contributed by atoms with van der Waals surface area (Å²) >= 11 is 0. The van der Waals surface area contributed by atoms with Crippen molar-refractivity contribution in [1.82, 2.24) is 4.90 Å². The van der Waals surface area contributed by atoms with Gasteiger partial charge in [-0.15, -0.1) is 0 Å². The summed E-state index contributed by atoms with van der Waals surface area (Å²) in [4.78, 5) is 27.6. The second kappa shape index (κ2) is 9.87. The molecule has 0 saturated heterocycles. The van der Waals surface area contributed by atoms with Crippen LogP contribution < -0.4 is 4.74 Å². The van der Waals surface area contributed by atoms with Crippen LogP contribution in [0.5, 0.6) is 5.75 Å². The zero-order valence-electron chi connectivity index (χ0n) is 17.9. The zero-order chi connectivity index (χ0) is 23.2. The van der Waals surface area contributed by atoms with Gasteiger partial charge in [-0.25, -0.2) is 0 Å². The van der Waals surface area contributed by atoms with Crippen LogP contribution in [0.1, 0.15) is 22.9 Å². The van der Waals surface area contributed by atoms with Crippen LogP contribution in [0.4, 0.5) is 0 Å². The predicted octanol–water partition coefficient (Wildman–Crippen LogP) is 5.02. The lowest BCUT2D eigenvalue weighted by Gasteiger charge is -2.26. The first-order valence-electron chi connectivity index (χ1n) is 10.5. The van der Waals surface area contributed by atoms with Gasteiger partial charge < -0.3 is 19.2 Å². The minimum absolute atomic E-state index is 0.0264. The minimum Gasteiger partial charge on any atom is -0.503 e. The zero-order valence-corrected chi connectivity index (χ0v) is 17.9. The number of hydrogen-bond acceptors (Lipinski definition) is 5. The summed E-state index contributed by atoms with van der Waals surface area (Å²) in [6.07, 6.45) is 6.19. The quantitative estimate of drug-likeness (QED) is 0.372. The number of hydrogen-bond donors (Lipinski definition) is 1. The van der Waals surface area contributed by atoms with E-state index in [4.69, 9.17) is 9.15 Å². The summed E-state index contributed by atoms with van der Waals surface area (Å²) in [7, 11) is 0. The van der Waals surface area contributed by atoms with Crippen LogP contribution in [0.3, 0.4) is 0 Å². The number of ether oxygens (including phenoxy) is 1. The summed E-state index contributed by atoms with van der Waals surface area (Å²) in [5, 5.41) is 10.7. The van der Waals surface area contributed by atoms with E-state index in [2.05, 4.69) is 6.58 Å². The number of aliphatic hydroxyl groups excluding tert-OH is 1. The fourth-order valence-corrected chi connectivity index (χ4v) is 3.71. The number of ketones is 1. The molecule has 6 nitrogen and oxygen atoms in total. The van der Waals surface area contributed by atoms with E-state index in [0.717, 1.165) is 5.56 Å². The molecule has 2 aromatic carbocycles. The Morgan fingerprint density at radius 1 is 1.09 bits per heavy atom. The normalized spacial score (nSPS) is 15.9. The Bertz CT molecular complexity index is 1190. The van der Waals surface area contributed by atoms with Gasteiger partial charge in [-0.1, -0.05) is 61.2 Å². The number of amides is 1. The summed E-state index contributed by atoms with van der Waals surface area (Å²) in [6.45, 7) is 4.10. The van der Waals surface area contributed by atoms with Crippen molar-refractivity contribution >= 4 is 17.8 Å². The van der Waals surface area contributed by atoms with Crippen molar-refractivity contribution in [3.8, 4) is 5.75 Å². The molecule has 3 aromatic rings. The van der Waals surface area contributed by atoms with Gasteiger partial charge in [-0.2, -0.15) is 0 Å². The van der Waals surface area contributed by atoms with E-state index in [9.17, 15) is 14.7 Å². The molecule has 1 aliphatic rings. The van der Waals surface area contributed by atoms with Gasteiger partial charge >= 0.3 is 0 Å². The summed E-state index contributed by atoms with van der Waals surface area (Å²) < 4.78 is 10.9. The highest BCUT2D eigenvalue weighted by Gasteiger charge is 2.43. The van der Waals surface area contributed by atoms with Gasteiger partial charge in [0.25, 0.3) is 5.91 Å². The molecule has 0 spiro atoms. The van der Waals surface area contributed by atoms with Crippen molar-refractivity contribution in [2.45, 2.75) is 12.6 Å². The third kappa shape index (κ3) is 4.80. The van der Waals surface area contributed by atoms with Gasteiger partial charge in [0.1, 0.15) is 18.1 Å². The molecule has 1 aromatic heterocycles. The average Bonchev–Trinajstić information content (AvgIpc) is 3.45. The summed E-state index contributed by atoms with van der Waals surface area (Å²) in [5.41, 5.74) is 1.53. The molecule has 33 heavy (non-hydrogen) atoms. The number of rotatable bonds is 9. The lowest BCUT2D eigenvalue weighted by molar-refractivity contribution is -0.130. The van der Waals surface area contributed by atoms with Gasteiger partial charge in [0.2, 0.25) is 0 Å². The standard InChI is InChI=1S/C27H23NO5/c1-2-16-32-21-13-11-20(12-14-21)25-24(23(29)15-10-19-7-4-3-5-8-19)26(30)27(31)28(25)18-22-9-6-17-33-22/h2-15,17,25,30H,1,16,18H2/b15-10+.